The van der Waals surface area contributed by atoms with E-state index in [1.165, 1.54) is 0 Å². The van der Waals surface area contributed by atoms with E-state index in [2.05, 4.69) is 35.9 Å². The third-order valence-electron chi connectivity index (χ3n) is 3.80. The molecule has 1 fully saturated rings. The van der Waals surface area contributed by atoms with Gasteiger partial charge in [-0.2, -0.15) is 0 Å². The van der Waals surface area contributed by atoms with E-state index in [0.717, 1.165) is 42.9 Å². The molecule has 1 aliphatic heterocycles. The quantitative estimate of drug-likeness (QED) is 0.630. The summed E-state index contributed by atoms with van der Waals surface area (Å²) in [6.45, 7) is 7.48. The average Bonchev–Trinajstić information content (AvgIpc) is 2.50. The van der Waals surface area contributed by atoms with E-state index in [4.69, 9.17) is 11.1 Å². The number of nitrogens with one attached hydrogen (secondary N) is 1. The summed E-state index contributed by atoms with van der Waals surface area (Å²) in [6, 6.07) is 6.66. The maximum Gasteiger partial charge on any atom is 0.124 e. The number of amidine groups is 1. The Kier molecular flexibility index (Phi) is 4.10. The van der Waals surface area contributed by atoms with Gasteiger partial charge in [0.25, 0.3) is 0 Å². The molecule has 1 aromatic carbocycles. The number of nitrogen functional groups attached to an aromatic ring is 1. The molecular formula is C15H24N4. The van der Waals surface area contributed by atoms with Gasteiger partial charge >= 0.3 is 0 Å². The molecule has 104 valence electrons. The summed E-state index contributed by atoms with van der Waals surface area (Å²) >= 11 is 0. The highest BCUT2D eigenvalue weighted by molar-refractivity contribution is 6.00. The average molecular weight is 260 g/mol. The van der Waals surface area contributed by atoms with Crippen LogP contribution in [0.4, 0.5) is 5.69 Å². The van der Waals surface area contributed by atoms with Crippen LogP contribution in [0.15, 0.2) is 18.2 Å². The number of rotatable bonds is 2. The van der Waals surface area contributed by atoms with Gasteiger partial charge in [0.2, 0.25) is 0 Å². The second-order valence-electron chi connectivity index (χ2n) is 5.59. The van der Waals surface area contributed by atoms with Crippen molar-refractivity contribution in [2.24, 2.45) is 5.73 Å². The molecule has 19 heavy (non-hydrogen) atoms. The zero-order valence-corrected chi connectivity index (χ0v) is 12.1. The first-order chi connectivity index (χ1) is 8.99. The molecule has 0 spiro atoms. The molecule has 2 rings (SSSR count). The fraction of sp³-hybridized carbons (Fsp3) is 0.533. The first kappa shape index (κ1) is 13.9. The van der Waals surface area contributed by atoms with E-state index in [1.807, 2.05) is 13.0 Å². The van der Waals surface area contributed by atoms with Gasteiger partial charge in [0.05, 0.1) is 0 Å². The van der Waals surface area contributed by atoms with Gasteiger partial charge in [-0.05, 0) is 46.0 Å². The Morgan fingerprint density at radius 1 is 1.37 bits per heavy atom. The van der Waals surface area contributed by atoms with Crippen LogP contribution in [0, 0.1) is 12.3 Å². The Bertz CT molecular complexity index is 469. The number of hydrogen-bond acceptors (Lipinski definition) is 3. The Labute approximate surface area is 115 Å². The van der Waals surface area contributed by atoms with Crippen molar-refractivity contribution < 1.29 is 0 Å². The molecule has 1 aliphatic rings. The summed E-state index contributed by atoms with van der Waals surface area (Å²) in [4.78, 5) is 4.76. The van der Waals surface area contributed by atoms with Crippen LogP contribution in [0.1, 0.15) is 24.5 Å². The van der Waals surface area contributed by atoms with Crippen molar-refractivity contribution in [3.63, 3.8) is 0 Å². The SMILES string of the molecule is Cc1ccc(N2CCCN(C)CC2C)c(C(=N)N)c1. The molecule has 0 bridgehead atoms. The monoisotopic (exact) mass is 260 g/mol. The van der Waals surface area contributed by atoms with Gasteiger partial charge in [0, 0.05) is 30.4 Å². The van der Waals surface area contributed by atoms with Crippen molar-refractivity contribution >= 4 is 11.5 Å². The number of nitrogens with zero attached hydrogens (tertiary/aromatic N) is 2. The molecule has 4 heteroatoms. The largest absolute Gasteiger partial charge is 0.384 e. The van der Waals surface area contributed by atoms with E-state index < -0.39 is 0 Å². The Morgan fingerprint density at radius 2 is 2.11 bits per heavy atom. The van der Waals surface area contributed by atoms with Crippen molar-refractivity contribution in [1.29, 1.82) is 5.41 Å². The third-order valence-corrected chi connectivity index (χ3v) is 3.80. The van der Waals surface area contributed by atoms with Crippen molar-refractivity contribution in [3.05, 3.63) is 29.3 Å². The van der Waals surface area contributed by atoms with E-state index in [9.17, 15) is 0 Å². The standard InChI is InChI=1S/C15H24N4/c1-11-5-6-14(13(9-11)15(16)17)19-8-4-7-18(3)10-12(19)2/h5-6,9,12H,4,7-8,10H2,1-3H3,(H3,16,17). The Hall–Kier alpha value is -1.55. The van der Waals surface area contributed by atoms with Crippen LogP contribution in [0.25, 0.3) is 0 Å². The van der Waals surface area contributed by atoms with Crippen LogP contribution in [0.2, 0.25) is 0 Å². The van der Waals surface area contributed by atoms with Gasteiger partial charge in [0.1, 0.15) is 5.84 Å². The maximum absolute atomic E-state index is 7.79. The summed E-state index contributed by atoms with van der Waals surface area (Å²) in [5.74, 6) is 0.156. The first-order valence-electron chi connectivity index (χ1n) is 6.89. The molecule has 0 saturated carbocycles. The zero-order valence-electron chi connectivity index (χ0n) is 12.1. The lowest BCUT2D eigenvalue weighted by Crippen LogP contribution is -2.39. The highest BCUT2D eigenvalue weighted by Gasteiger charge is 2.22. The number of aryl methyl sites for hydroxylation is 1. The van der Waals surface area contributed by atoms with Crippen LogP contribution in [0.3, 0.4) is 0 Å². The lowest BCUT2D eigenvalue weighted by Gasteiger charge is -2.31. The van der Waals surface area contributed by atoms with Crippen LogP contribution in [0.5, 0.6) is 0 Å². The molecule has 0 aromatic heterocycles. The number of anilines is 1. The fourth-order valence-corrected chi connectivity index (χ4v) is 2.85. The molecule has 1 aromatic rings. The van der Waals surface area contributed by atoms with Gasteiger partial charge in [-0.15, -0.1) is 0 Å². The molecule has 4 nitrogen and oxygen atoms in total. The molecule has 0 radical (unpaired) electrons. The van der Waals surface area contributed by atoms with Crippen molar-refractivity contribution in [2.75, 3.05) is 31.6 Å². The third kappa shape index (κ3) is 3.07. The zero-order chi connectivity index (χ0) is 14.0. The van der Waals surface area contributed by atoms with E-state index in [0.29, 0.717) is 6.04 Å². The number of benzene rings is 1. The lowest BCUT2D eigenvalue weighted by atomic mass is 10.1. The highest BCUT2D eigenvalue weighted by atomic mass is 15.2. The van der Waals surface area contributed by atoms with Gasteiger partial charge < -0.3 is 15.5 Å². The second-order valence-corrected chi connectivity index (χ2v) is 5.59. The van der Waals surface area contributed by atoms with Gasteiger partial charge in [-0.1, -0.05) is 11.6 Å². The Morgan fingerprint density at radius 3 is 2.79 bits per heavy atom. The lowest BCUT2D eigenvalue weighted by molar-refractivity contribution is 0.337. The Balaban J connectivity index is 2.37. The fourth-order valence-electron chi connectivity index (χ4n) is 2.85. The van der Waals surface area contributed by atoms with Crippen LogP contribution >= 0.6 is 0 Å². The predicted octanol–water partition coefficient (Wildman–Crippen LogP) is 1.81. The maximum atomic E-state index is 7.79. The van der Waals surface area contributed by atoms with Crippen molar-refractivity contribution in [2.45, 2.75) is 26.3 Å². The summed E-state index contributed by atoms with van der Waals surface area (Å²) in [6.07, 6.45) is 1.14. The van der Waals surface area contributed by atoms with Crippen LogP contribution in [-0.4, -0.2) is 43.5 Å². The molecular weight excluding hydrogens is 236 g/mol. The number of likely N-dealkylation sites (N-methyl/N-ethyl adjacent to an activating group) is 1. The predicted molar refractivity (Wildman–Crippen MR) is 81.1 cm³/mol. The van der Waals surface area contributed by atoms with Gasteiger partial charge in [-0.3, -0.25) is 5.41 Å². The minimum atomic E-state index is 0.156. The normalized spacial score (nSPS) is 21.2. The summed E-state index contributed by atoms with van der Waals surface area (Å²) in [5, 5.41) is 7.79. The topological polar surface area (TPSA) is 56.4 Å². The second kappa shape index (κ2) is 5.61. The van der Waals surface area contributed by atoms with Crippen LogP contribution in [-0.2, 0) is 0 Å². The molecule has 0 aliphatic carbocycles. The van der Waals surface area contributed by atoms with Crippen molar-refractivity contribution in [3.8, 4) is 0 Å². The number of hydrogen-bond donors (Lipinski definition) is 2. The van der Waals surface area contributed by atoms with Gasteiger partial charge in [-0.25, -0.2) is 0 Å². The molecule has 1 atom stereocenters. The molecule has 3 N–H and O–H groups in total. The van der Waals surface area contributed by atoms with E-state index in [-0.39, 0.29) is 5.84 Å². The molecule has 1 unspecified atom stereocenters. The smallest absolute Gasteiger partial charge is 0.124 e. The van der Waals surface area contributed by atoms with Gasteiger partial charge in [0.15, 0.2) is 0 Å². The summed E-state index contributed by atoms with van der Waals surface area (Å²) < 4.78 is 0. The van der Waals surface area contributed by atoms with E-state index >= 15 is 0 Å². The molecule has 0 amide bonds. The highest BCUT2D eigenvalue weighted by Crippen LogP contribution is 2.25. The van der Waals surface area contributed by atoms with Crippen molar-refractivity contribution in [1.82, 2.24) is 4.90 Å². The number of nitrogens with two attached hydrogens (primary N) is 1. The molecule has 1 heterocycles. The first-order valence-corrected chi connectivity index (χ1v) is 6.89. The van der Waals surface area contributed by atoms with E-state index in [1.54, 1.807) is 0 Å². The minimum Gasteiger partial charge on any atom is -0.384 e. The van der Waals surface area contributed by atoms with Crippen LogP contribution < -0.4 is 10.6 Å². The molecule has 1 saturated heterocycles. The summed E-state index contributed by atoms with van der Waals surface area (Å²) in [7, 11) is 2.17. The minimum absolute atomic E-state index is 0.156. The summed E-state index contributed by atoms with van der Waals surface area (Å²) in [5.41, 5.74) is 8.85.